The molecule has 68 valence electrons. The van der Waals surface area contributed by atoms with Crippen LogP contribution >= 0.6 is 15.9 Å². The largest absolute Gasteiger partial charge is 0.374 e. The minimum absolute atomic E-state index is 0.784. The predicted octanol–water partition coefficient (Wildman–Crippen LogP) is 2.91. The van der Waals surface area contributed by atoms with Crippen molar-refractivity contribution in [1.29, 1.82) is 0 Å². The smallest absolute Gasteiger partial charge is 0.0364 e. The van der Waals surface area contributed by atoms with E-state index < -0.39 is 0 Å². The van der Waals surface area contributed by atoms with E-state index in [1.165, 1.54) is 5.69 Å². The molecular weight excluding hydrogens is 226 g/mol. The van der Waals surface area contributed by atoms with Gasteiger partial charge in [0, 0.05) is 30.2 Å². The summed E-state index contributed by atoms with van der Waals surface area (Å²) in [6.07, 6.45) is 5.98. The van der Waals surface area contributed by atoms with Crippen LogP contribution in [0.2, 0.25) is 0 Å². The van der Waals surface area contributed by atoms with Crippen molar-refractivity contribution in [1.82, 2.24) is 0 Å². The second-order valence-corrected chi connectivity index (χ2v) is 3.77. The van der Waals surface area contributed by atoms with Crippen LogP contribution < -0.4 is 4.90 Å². The summed E-state index contributed by atoms with van der Waals surface area (Å²) in [6, 6.07) is 8.20. The van der Waals surface area contributed by atoms with Gasteiger partial charge >= 0.3 is 0 Å². The lowest BCUT2D eigenvalue weighted by Crippen LogP contribution is -2.17. The van der Waals surface area contributed by atoms with Crippen molar-refractivity contribution in [3.8, 4) is 12.3 Å². The average molecular weight is 238 g/mol. The van der Waals surface area contributed by atoms with Crippen molar-refractivity contribution in [2.24, 2.45) is 0 Å². The third-order valence-corrected chi connectivity index (χ3v) is 2.39. The van der Waals surface area contributed by atoms with Gasteiger partial charge in [-0.3, -0.25) is 0 Å². The Labute approximate surface area is 87.9 Å². The van der Waals surface area contributed by atoms with Gasteiger partial charge in [-0.1, -0.05) is 15.9 Å². The lowest BCUT2D eigenvalue weighted by atomic mass is 10.3. The number of anilines is 1. The van der Waals surface area contributed by atoms with Gasteiger partial charge in [0.25, 0.3) is 0 Å². The summed E-state index contributed by atoms with van der Waals surface area (Å²) in [7, 11) is 2.04. The first-order chi connectivity index (χ1) is 6.24. The maximum absolute atomic E-state index is 5.19. The molecule has 0 fully saturated rings. The van der Waals surface area contributed by atoms with E-state index in [9.17, 15) is 0 Å². The van der Waals surface area contributed by atoms with Gasteiger partial charge in [0.15, 0.2) is 0 Å². The molecule has 13 heavy (non-hydrogen) atoms. The second-order valence-electron chi connectivity index (χ2n) is 2.85. The van der Waals surface area contributed by atoms with E-state index >= 15 is 0 Å². The number of rotatable bonds is 3. The molecule has 0 bridgehead atoms. The molecule has 0 N–H and O–H groups in total. The van der Waals surface area contributed by atoms with Crippen LogP contribution in [-0.2, 0) is 0 Å². The van der Waals surface area contributed by atoms with Crippen molar-refractivity contribution in [2.75, 3.05) is 18.5 Å². The molecular formula is C11H12BrN. The summed E-state index contributed by atoms with van der Waals surface area (Å²) in [6.45, 7) is 0.901. The highest BCUT2D eigenvalue weighted by Crippen LogP contribution is 2.16. The van der Waals surface area contributed by atoms with Crippen LogP contribution in [0.5, 0.6) is 0 Å². The maximum atomic E-state index is 5.19. The molecule has 0 aliphatic carbocycles. The van der Waals surface area contributed by atoms with Crippen molar-refractivity contribution in [3.63, 3.8) is 0 Å². The molecule has 0 unspecified atom stereocenters. The zero-order chi connectivity index (χ0) is 9.68. The molecule has 0 radical (unpaired) electrons. The lowest BCUT2D eigenvalue weighted by Gasteiger charge is -2.17. The Morgan fingerprint density at radius 1 is 1.38 bits per heavy atom. The molecule has 0 saturated carbocycles. The standard InChI is InChI=1S/C11H12BrN/c1-3-4-9-13(2)11-7-5-10(12)6-8-11/h1,5-8H,4,9H2,2H3. The molecule has 0 atom stereocenters. The Kier molecular flexibility index (Phi) is 3.85. The molecule has 0 spiro atoms. The molecule has 0 aliphatic rings. The van der Waals surface area contributed by atoms with Gasteiger partial charge in [0.05, 0.1) is 0 Å². The third kappa shape index (κ3) is 3.12. The van der Waals surface area contributed by atoms with E-state index in [1.807, 2.05) is 19.2 Å². The maximum Gasteiger partial charge on any atom is 0.0364 e. The summed E-state index contributed by atoms with van der Waals surface area (Å²) in [5, 5.41) is 0. The van der Waals surface area contributed by atoms with E-state index in [4.69, 9.17) is 6.42 Å². The van der Waals surface area contributed by atoms with Crippen molar-refractivity contribution in [2.45, 2.75) is 6.42 Å². The number of nitrogens with zero attached hydrogens (tertiary/aromatic N) is 1. The molecule has 0 saturated heterocycles. The van der Waals surface area contributed by atoms with Gasteiger partial charge < -0.3 is 4.90 Å². The fraction of sp³-hybridized carbons (Fsp3) is 0.273. The van der Waals surface area contributed by atoms with Crippen LogP contribution in [0.4, 0.5) is 5.69 Å². The molecule has 0 amide bonds. The van der Waals surface area contributed by atoms with Gasteiger partial charge in [-0.05, 0) is 24.3 Å². The van der Waals surface area contributed by atoms with E-state index in [0.29, 0.717) is 0 Å². The fourth-order valence-electron chi connectivity index (χ4n) is 1.06. The van der Waals surface area contributed by atoms with Crippen molar-refractivity contribution in [3.05, 3.63) is 28.7 Å². The first-order valence-electron chi connectivity index (χ1n) is 4.14. The lowest BCUT2D eigenvalue weighted by molar-refractivity contribution is 0.913. The van der Waals surface area contributed by atoms with E-state index in [1.54, 1.807) is 0 Å². The SMILES string of the molecule is C#CCCN(C)c1ccc(Br)cc1. The van der Waals surface area contributed by atoms with Crippen LogP contribution in [0.1, 0.15) is 6.42 Å². The highest BCUT2D eigenvalue weighted by molar-refractivity contribution is 9.10. The number of terminal acetylenes is 1. The van der Waals surface area contributed by atoms with Crippen LogP contribution in [0.3, 0.4) is 0 Å². The number of benzene rings is 1. The third-order valence-electron chi connectivity index (χ3n) is 1.86. The number of hydrogen-bond donors (Lipinski definition) is 0. The molecule has 0 aromatic heterocycles. The Morgan fingerprint density at radius 2 is 2.00 bits per heavy atom. The quantitative estimate of drug-likeness (QED) is 0.732. The normalized spacial score (nSPS) is 9.31. The minimum Gasteiger partial charge on any atom is -0.374 e. The Balaban J connectivity index is 2.62. The van der Waals surface area contributed by atoms with Crippen LogP contribution in [-0.4, -0.2) is 13.6 Å². The Morgan fingerprint density at radius 3 is 2.54 bits per heavy atom. The second kappa shape index (κ2) is 4.94. The van der Waals surface area contributed by atoms with Crippen LogP contribution in [0.25, 0.3) is 0 Å². The molecule has 1 aromatic carbocycles. The van der Waals surface area contributed by atoms with Gasteiger partial charge in [0.2, 0.25) is 0 Å². The fourth-order valence-corrected chi connectivity index (χ4v) is 1.32. The Bertz CT molecular complexity index is 297. The summed E-state index contributed by atoms with van der Waals surface area (Å²) in [4.78, 5) is 2.15. The topological polar surface area (TPSA) is 3.24 Å². The van der Waals surface area contributed by atoms with Crippen LogP contribution in [0, 0.1) is 12.3 Å². The molecule has 2 heteroatoms. The molecule has 1 nitrogen and oxygen atoms in total. The zero-order valence-electron chi connectivity index (χ0n) is 7.63. The zero-order valence-corrected chi connectivity index (χ0v) is 9.21. The minimum atomic E-state index is 0.784. The van der Waals surface area contributed by atoms with E-state index in [-0.39, 0.29) is 0 Å². The number of halogens is 1. The summed E-state index contributed by atoms with van der Waals surface area (Å²) in [5.74, 6) is 2.63. The first kappa shape index (κ1) is 10.1. The highest BCUT2D eigenvalue weighted by atomic mass is 79.9. The molecule has 1 aromatic rings. The summed E-state index contributed by atoms with van der Waals surface area (Å²) in [5.41, 5.74) is 1.19. The van der Waals surface area contributed by atoms with E-state index in [0.717, 1.165) is 17.4 Å². The molecule has 0 heterocycles. The molecule has 1 rings (SSSR count). The summed E-state index contributed by atoms with van der Waals surface area (Å²) < 4.78 is 1.10. The predicted molar refractivity (Wildman–Crippen MR) is 60.9 cm³/mol. The first-order valence-corrected chi connectivity index (χ1v) is 4.93. The van der Waals surface area contributed by atoms with Gasteiger partial charge in [-0.25, -0.2) is 0 Å². The average Bonchev–Trinajstić information content (AvgIpc) is 2.15. The van der Waals surface area contributed by atoms with Gasteiger partial charge in [0.1, 0.15) is 0 Å². The number of hydrogen-bond acceptors (Lipinski definition) is 1. The van der Waals surface area contributed by atoms with E-state index in [2.05, 4.69) is 38.9 Å². The van der Waals surface area contributed by atoms with Crippen molar-refractivity contribution < 1.29 is 0 Å². The van der Waals surface area contributed by atoms with Crippen LogP contribution in [0.15, 0.2) is 28.7 Å². The van der Waals surface area contributed by atoms with Gasteiger partial charge in [-0.15, -0.1) is 12.3 Å². The Hall–Kier alpha value is -0.940. The monoisotopic (exact) mass is 237 g/mol. The summed E-state index contributed by atoms with van der Waals surface area (Å²) >= 11 is 3.40. The van der Waals surface area contributed by atoms with Gasteiger partial charge in [-0.2, -0.15) is 0 Å². The highest BCUT2D eigenvalue weighted by Gasteiger charge is 1.98. The van der Waals surface area contributed by atoms with Crippen molar-refractivity contribution >= 4 is 21.6 Å². The molecule has 0 aliphatic heterocycles.